The quantitative estimate of drug-likeness (QED) is 0.726. The minimum Gasteiger partial charge on any atom is -0.324 e. The van der Waals surface area contributed by atoms with Gasteiger partial charge in [-0.25, -0.2) is 4.68 Å². The largest absolute Gasteiger partial charge is 0.324 e. The third kappa shape index (κ3) is 4.03. The molecule has 0 saturated heterocycles. The number of halogens is 1. The van der Waals surface area contributed by atoms with Crippen molar-refractivity contribution < 1.29 is 4.79 Å². The van der Waals surface area contributed by atoms with Crippen LogP contribution in [0.4, 0.5) is 5.69 Å². The van der Waals surface area contributed by atoms with Crippen molar-refractivity contribution in [3.8, 4) is 11.3 Å². The Morgan fingerprint density at radius 2 is 1.72 bits per heavy atom. The van der Waals surface area contributed by atoms with Gasteiger partial charge in [0.1, 0.15) is 6.04 Å². The van der Waals surface area contributed by atoms with Gasteiger partial charge in [0.15, 0.2) is 0 Å². The van der Waals surface area contributed by atoms with Crippen LogP contribution in [0, 0.1) is 0 Å². The molecule has 1 heterocycles. The predicted molar refractivity (Wildman–Crippen MR) is 101 cm³/mol. The molecule has 0 radical (unpaired) electrons. The van der Waals surface area contributed by atoms with E-state index in [9.17, 15) is 9.59 Å². The molecule has 126 valence electrons. The summed E-state index contributed by atoms with van der Waals surface area (Å²) in [6.45, 7) is 1.65. The number of carbonyl (C=O) groups is 1. The molecule has 0 aliphatic carbocycles. The van der Waals surface area contributed by atoms with Crippen LogP contribution in [0.1, 0.15) is 13.0 Å². The highest BCUT2D eigenvalue weighted by molar-refractivity contribution is 9.10. The van der Waals surface area contributed by atoms with E-state index in [0.717, 1.165) is 10.0 Å². The zero-order valence-electron chi connectivity index (χ0n) is 13.5. The number of hydrogen-bond donors (Lipinski definition) is 1. The number of hydrogen-bond acceptors (Lipinski definition) is 3. The van der Waals surface area contributed by atoms with Crippen molar-refractivity contribution in [2.24, 2.45) is 0 Å². The molecule has 3 rings (SSSR count). The topological polar surface area (TPSA) is 64.0 Å². The Balaban J connectivity index is 1.86. The number of amides is 1. The number of rotatable bonds is 4. The summed E-state index contributed by atoms with van der Waals surface area (Å²) in [5.74, 6) is -0.304. The fraction of sp³-hybridized carbons (Fsp3) is 0.105. The van der Waals surface area contributed by atoms with Gasteiger partial charge in [0.2, 0.25) is 5.91 Å². The lowest BCUT2D eigenvalue weighted by molar-refractivity contribution is -0.119. The van der Waals surface area contributed by atoms with Crippen molar-refractivity contribution in [3.63, 3.8) is 0 Å². The van der Waals surface area contributed by atoms with Crippen LogP contribution in [0.5, 0.6) is 0 Å². The van der Waals surface area contributed by atoms with Gasteiger partial charge in [-0.1, -0.05) is 46.3 Å². The number of nitrogens with one attached hydrogen (secondary N) is 1. The molecule has 0 aliphatic heterocycles. The van der Waals surface area contributed by atoms with Crippen LogP contribution in [0.15, 0.2) is 76.0 Å². The summed E-state index contributed by atoms with van der Waals surface area (Å²) in [4.78, 5) is 24.6. The standard InChI is InChI=1S/C19H16BrN3O2/c1-13(19(25)21-16-9-7-15(20)8-10-16)23-18(24)12-11-17(22-23)14-5-3-2-4-6-14/h2-13H,1H3,(H,21,25). The van der Waals surface area contributed by atoms with Crippen molar-refractivity contribution in [2.75, 3.05) is 5.32 Å². The summed E-state index contributed by atoms with van der Waals surface area (Å²) < 4.78 is 2.13. The molecular weight excluding hydrogens is 382 g/mol. The zero-order valence-corrected chi connectivity index (χ0v) is 15.1. The number of aromatic nitrogens is 2. The molecule has 0 spiro atoms. The van der Waals surface area contributed by atoms with E-state index in [1.165, 1.54) is 10.7 Å². The SMILES string of the molecule is CC(C(=O)Nc1ccc(Br)cc1)n1nc(-c2ccccc2)ccc1=O. The zero-order chi connectivity index (χ0) is 17.8. The summed E-state index contributed by atoms with van der Waals surface area (Å²) in [6, 6.07) is 19.1. The van der Waals surface area contributed by atoms with Crippen LogP contribution >= 0.6 is 15.9 Å². The molecule has 1 unspecified atom stereocenters. The summed E-state index contributed by atoms with van der Waals surface area (Å²) >= 11 is 3.35. The van der Waals surface area contributed by atoms with Crippen LogP contribution in [-0.4, -0.2) is 15.7 Å². The Hall–Kier alpha value is -2.73. The molecule has 6 heteroatoms. The van der Waals surface area contributed by atoms with Gasteiger partial charge in [-0.05, 0) is 37.3 Å². The van der Waals surface area contributed by atoms with Gasteiger partial charge < -0.3 is 5.32 Å². The highest BCUT2D eigenvalue weighted by Gasteiger charge is 2.18. The Morgan fingerprint density at radius 3 is 2.40 bits per heavy atom. The molecule has 0 bridgehead atoms. The number of benzene rings is 2. The van der Waals surface area contributed by atoms with E-state index in [1.807, 2.05) is 42.5 Å². The molecule has 1 N–H and O–H groups in total. The fourth-order valence-corrected chi connectivity index (χ4v) is 2.62. The highest BCUT2D eigenvalue weighted by atomic mass is 79.9. The van der Waals surface area contributed by atoms with Gasteiger partial charge in [-0.2, -0.15) is 5.10 Å². The fourth-order valence-electron chi connectivity index (χ4n) is 2.36. The maximum absolute atomic E-state index is 12.5. The maximum Gasteiger partial charge on any atom is 0.267 e. The lowest BCUT2D eigenvalue weighted by Crippen LogP contribution is -2.33. The normalized spacial score (nSPS) is 11.8. The first kappa shape index (κ1) is 17.1. The molecule has 1 aromatic heterocycles. The summed E-state index contributed by atoms with van der Waals surface area (Å²) in [7, 11) is 0. The molecule has 5 nitrogen and oxygen atoms in total. The minimum absolute atomic E-state index is 0.304. The van der Waals surface area contributed by atoms with Gasteiger partial charge in [0.25, 0.3) is 5.56 Å². The summed E-state index contributed by atoms with van der Waals surface area (Å²) in [5.41, 5.74) is 1.87. The molecule has 0 aliphatic rings. The highest BCUT2D eigenvalue weighted by Crippen LogP contribution is 2.17. The van der Waals surface area contributed by atoms with Gasteiger partial charge in [-0.15, -0.1) is 0 Å². The molecule has 25 heavy (non-hydrogen) atoms. The predicted octanol–water partition coefficient (Wildman–Crippen LogP) is 3.87. The Bertz CT molecular complexity index is 937. The number of anilines is 1. The van der Waals surface area contributed by atoms with Crippen LogP contribution in [0.3, 0.4) is 0 Å². The second kappa shape index (κ2) is 7.44. The number of carbonyl (C=O) groups excluding carboxylic acids is 1. The monoisotopic (exact) mass is 397 g/mol. The van der Waals surface area contributed by atoms with E-state index >= 15 is 0 Å². The average molecular weight is 398 g/mol. The van der Waals surface area contributed by atoms with E-state index in [0.29, 0.717) is 11.4 Å². The first-order chi connectivity index (χ1) is 12.0. The van der Waals surface area contributed by atoms with E-state index in [4.69, 9.17) is 0 Å². The average Bonchev–Trinajstić information content (AvgIpc) is 2.64. The van der Waals surface area contributed by atoms with Crippen LogP contribution in [-0.2, 0) is 4.79 Å². The Morgan fingerprint density at radius 1 is 1.04 bits per heavy atom. The number of nitrogens with zero attached hydrogens (tertiary/aromatic N) is 2. The third-order valence-corrected chi connectivity index (χ3v) is 4.28. The molecule has 2 aromatic carbocycles. The molecule has 0 saturated carbocycles. The second-order valence-corrected chi connectivity index (χ2v) is 6.46. The molecule has 1 amide bonds. The Kier molecular flexibility index (Phi) is 5.09. The lowest BCUT2D eigenvalue weighted by atomic mass is 10.1. The smallest absolute Gasteiger partial charge is 0.267 e. The van der Waals surface area contributed by atoms with E-state index in [-0.39, 0.29) is 11.5 Å². The third-order valence-electron chi connectivity index (χ3n) is 3.75. The van der Waals surface area contributed by atoms with Gasteiger partial charge in [0.05, 0.1) is 5.69 Å². The summed E-state index contributed by atoms with van der Waals surface area (Å²) in [6.07, 6.45) is 0. The minimum atomic E-state index is -0.736. The van der Waals surface area contributed by atoms with Crippen LogP contribution in [0.25, 0.3) is 11.3 Å². The van der Waals surface area contributed by atoms with Gasteiger partial charge in [0, 0.05) is 21.8 Å². The summed E-state index contributed by atoms with van der Waals surface area (Å²) in [5, 5.41) is 7.15. The van der Waals surface area contributed by atoms with Gasteiger partial charge >= 0.3 is 0 Å². The van der Waals surface area contributed by atoms with Crippen molar-refractivity contribution in [1.29, 1.82) is 0 Å². The molecular formula is C19H16BrN3O2. The van der Waals surface area contributed by atoms with Crippen molar-refractivity contribution in [1.82, 2.24) is 9.78 Å². The van der Waals surface area contributed by atoms with Crippen LogP contribution < -0.4 is 10.9 Å². The van der Waals surface area contributed by atoms with E-state index < -0.39 is 6.04 Å². The molecule has 1 atom stereocenters. The first-order valence-electron chi connectivity index (χ1n) is 7.76. The molecule has 3 aromatic rings. The van der Waals surface area contributed by atoms with Crippen LogP contribution in [0.2, 0.25) is 0 Å². The lowest BCUT2D eigenvalue weighted by Gasteiger charge is -2.15. The Labute approximate surface area is 153 Å². The van der Waals surface area contributed by atoms with E-state index in [1.54, 1.807) is 25.1 Å². The van der Waals surface area contributed by atoms with Crippen molar-refractivity contribution in [2.45, 2.75) is 13.0 Å². The second-order valence-electron chi connectivity index (χ2n) is 5.54. The van der Waals surface area contributed by atoms with Crippen molar-refractivity contribution in [3.05, 3.63) is 81.6 Å². The van der Waals surface area contributed by atoms with Gasteiger partial charge in [-0.3, -0.25) is 9.59 Å². The van der Waals surface area contributed by atoms with E-state index in [2.05, 4.69) is 26.3 Å². The first-order valence-corrected chi connectivity index (χ1v) is 8.55. The molecule has 0 fully saturated rings. The maximum atomic E-state index is 12.5. The van der Waals surface area contributed by atoms with Crippen molar-refractivity contribution >= 4 is 27.5 Å².